The number of aromatic amines is 1. The number of aryl methyl sites for hydroxylation is 1. The topological polar surface area (TPSA) is 70.3 Å². The van der Waals surface area contributed by atoms with Gasteiger partial charge in [-0.2, -0.15) is 5.10 Å². The smallest absolute Gasteiger partial charge is 0.179 e. The third kappa shape index (κ3) is 5.04. The number of nitrogens with two attached hydrogens (primary N) is 1. The molecule has 0 radical (unpaired) electrons. The number of aromatic nitrogens is 2. The molecule has 1 fully saturated rings. The molecule has 0 amide bonds. The van der Waals surface area contributed by atoms with E-state index in [1.807, 2.05) is 6.08 Å². The van der Waals surface area contributed by atoms with E-state index in [-0.39, 0.29) is 11.5 Å². The molecule has 1 aliphatic heterocycles. The minimum absolute atomic E-state index is 0.107. The Balaban J connectivity index is 2.01. The van der Waals surface area contributed by atoms with Gasteiger partial charge in [0.25, 0.3) is 0 Å². The lowest BCUT2D eigenvalue weighted by molar-refractivity contribution is 0.245. The summed E-state index contributed by atoms with van der Waals surface area (Å²) >= 11 is 6.82. The minimum Gasteiger partial charge on any atom is -0.356 e. The Bertz CT molecular complexity index is 961. The highest BCUT2D eigenvalue weighted by molar-refractivity contribution is 6.34. The summed E-state index contributed by atoms with van der Waals surface area (Å²) in [4.78, 5) is 7.16. The first-order valence-electron chi connectivity index (χ1n) is 11.3. The van der Waals surface area contributed by atoms with Gasteiger partial charge in [0.05, 0.1) is 10.7 Å². The largest absolute Gasteiger partial charge is 0.356 e. The molecule has 0 bridgehead atoms. The van der Waals surface area contributed by atoms with Crippen LogP contribution in [0.1, 0.15) is 69.6 Å². The van der Waals surface area contributed by atoms with E-state index in [1.54, 1.807) is 0 Å². The zero-order valence-electron chi connectivity index (χ0n) is 19.6. The number of rotatable bonds is 6. The van der Waals surface area contributed by atoms with E-state index in [0.29, 0.717) is 5.82 Å². The fourth-order valence-electron chi connectivity index (χ4n) is 4.24. The Hall–Kier alpha value is -2.11. The molecule has 0 atom stereocenters. The van der Waals surface area contributed by atoms with Crippen LogP contribution in [0.25, 0.3) is 11.3 Å². The second-order valence-electron chi connectivity index (χ2n) is 9.27. The molecule has 0 spiro atoms. The maximum atomic E-state index is 6.82. The van der Waals surface area contributed by atoms with E-state index in [0.717, 1.165) is 72.0 Å². The van der Waals surface area contributed by atoms with Gasteiger partial charge >= 0.3 is 0 Å². The van der Waals surface area contributed by atoms with E-state index in [1.165, 1.54) is 5.56 Å². The van der Waals surface area contributed by atoms with Crippen molar-refractivity contribution in [3.63, 3.8) is 0 Å². The summed E-state index contributed by atoms with van der Waals surface area (Å²) in [6, 6.07) is 4.29. The van der Waals surface area contributed by atoms with Crippen LogP contribution in [0.5, 0.6) is 0 Å². The van der Waals surface area contributed by atoms with Crippen LogP contribution in [-0.4, -0.2) is 39.6 Å². The first-order chi connectivity index (χ1) is 14.7. The van der Waals surface area contributed by atoms with Gasteiger partial charge in [-0.3, -0.25) is 5.10 Å². The van der Waals surface area contributed by atoms with E-state index in [9.17, 15) is 0 Å². The predicted molar refractivity (Wildman–Crippen MR) is 133 cm³/mol. The van der Waals surface area contributed by atoms with Crippen LogP contribution in [0.3, 0.4) is 0 Å². The molecule has 5 nitrogen and oxygen atoms in total. The number of nitrogens with zero attached hydrogens (tertiary/aromatic N) is 3. The van der Waals surface area contributed by atoms with Crippen LogP contribution in [0.2, 0.25) is 5.02 Å². The zero-order chi connectivity index (χ0) is 22.8. The fourth-order valence-corrected chi connectivity index (χ4v) is 4.52. The van der Waals surface area contributed by atoms with Crippen LogP contribution in [-0.2, 0) is 6.42 Å². The molecule has 0 saturated carbocycles. The zero-order valence-corrected chi connectivity index (χ0v) is 20.3. The van der Waals surface area contributed by atoms with Crippen LogP contribution in [0.4, 0.5) is 5.82 Å². The van der Waals surface area contributed by atoms with Gasteiger partial charge < -0.3 is 10.6 Å². The summed E-state index contributed by atoms with van der Waals surface area (Å²) in [5.74, 6) is 1.78. The average Bonchev–Trinajstić information content (AvgIpc) is 3.14. The lowest BCUT2D eigenvalue weighted by Crippen LogP contribution is -2.49. The Morgan fingerprint density at radius 1 is 1.39 bits per heavy atom. The van der Waals surface area contributed by atoms with Gasteiger partial charge in [0.2, 0.25) is 0 Å². The van der Waals surface area contributed by atoms with Crippen LogP contribution in [0.15, 0.2) is 29.8 Å². The SMILES string of the molecule is C=CC(=Nc1n[nH]c(-c2ccc(CCC)c(C)c2Cl)c1C(C)C)N1CCC(C)(N)CC1. The molecule has 168 valence electrons. The van der Waals surface area contributed by atoms with Crippen molar-refractivity contribution in [2.45, 2.75) is 71.8 Å². The normalized spacial score (nSPS) is 16.8. The number of nitrogens with one attached hydrogen (secondary N) is 1. The second-order valence-corrected chi connectivity index (χ2v) is 9.64. The van der Waals surface area contributed by atoms with Crippen molar-refractivity contribution in [1.29, 1.82) is 0 Å². The molecule has 31 heavy (non-hydrogen) atoms. The van der Waals surface area contributed by atoms with Crippen LogP contribution in [0, 0.1) is 6.92 Å². The first kappa shape index (κ1) is 23.6. The van der Waals surface area contributed by atoms with Crippen molar-refractivity contribution in [3.8, 4) is 11.3 Å². The molecule has 1 saturated heterocycles. The number of likely N-dealkylation sites (tertiary alicyclic amines) is 1. The molecule has 0 unspecified atom stereocenters. The van der Waals surface area contributed by atoms with Gasteiger partial charge in [0.1, 0.15) is 5.84 Å². The predicted octanol–water partition coefficient (Wildman–Crippen LogP) is 6.14. The number of amidine groups is 1. The monoisotopic (exact) mass is 441 g/mol. The quantitative estimate of drug-likeness (QED) is 0.417. The third-order valence-electron chi connectivity index (χ3n) is 6.28. The number of halogens is 1. The lowest BCUT2D eigenvalue weighted by atomic mass is 9.91. The van der Waals surface area contributed by atoms with Gasteiger partial charge in [-0.25, -0.2) is 4.99 Å². The average molecular weight is 442 g/mol. The maximum absolute atomic E-state index is 6.82. The number of hydrogen-bond donors (Lipinski definition) is 2. The molecule has 6 heteroatoms. The second kappa shape index (κ2) is 9.58. The summed E-state index contributed by atoms with van der Waals surface area (Å²) in [5.41, 5.74) is 11.6. The van der Waals surface area contributed by atoms with Crippen molar-refractivity contribution >= 4 is 23.3 Å². The molecular weight excluding hydrogens is 406 g/mol. The highest BCUT2D eigenvalue weighted by Crippen LogP contribution is 2.39. The minimum atomic E-state index is -0.107. The lowest BCUT2D eigenvalue weighted by Gasteiger charge is -2.37. The first-order valence-corrected chi connectivity index (χ1v) is 11.7. The molecule has 3 N–H and O–H groups in total. The molecule has 1 aliphatic rings. The summed E-state index contributed by atoms with van der Waals surface area (Å²) in [6.45, 7) is 16.5. The van der Waals surface area contributed by atoms with Crippen LogP contribution >= 0.6 is 11.6 Å². The Morgan fingerprint density at radius 3 is 2.65 bits per heavy atom. The Labute approximate surface area is 191 Å². The summed E-state index contributed by atoms with van der Waals surface area (Å²) < 4.78 is 0. The molecule has 0 aliphatic carbocycles. The Morgan fingerprint density at radius 2 is 2.06 bits per heavy atom. The van der Waals surface area contributed by atoms with Crippen molar-refractivity contribution in [2.75, 3.05) is 13.1 Å². The van der Waals surface area contributed by atoms with Gasteiger partial charge in [-0.05, 0) is 56.2 Å². The fraction of sp³-hybridized carbons (Fsp3) is 0.520. The van der Waals surface area contributed by atoms with E-state index in [2.05, 4.69) is 68.4 Å². The van der Waals surface area contributed by atoms with Gasteiger partial charge in [0, 0.05) is 29.8 Å². The number of piperidine rings is 1. The van der Waals surface area contributed by atoms with Crippen molar-refractivity contribution in [1.82, 2.24) is 15.1 Å². The molecule has 1 aromatic heterocycles. The highest BCUT2D eigenvalue weighted by atomic mass is 35.5. The highest BCUT2D eigenvalue weighted by Gasteiger charge is 2.27. The molecular formula is C25H36ClN5. The van der Waals surface area contributed by atoms with E-state index >= 15 is 0 Å². The van der Waals surface area contributed by atoms with Crippen molar-refractivity contribution < 1.29 is 0 Å². The van der Waals surface area contributed by atoms with Crippen molar-refractivity contribution in [2.24, 2.45) is 10.7 Å². The number of aliphatic imine (C=N–C) groups is 1. The Kier molecular flexibility index (Phi) is 7.28. The van der Waals surface area contributed by atoms with Crippen LogP contribution < -0.4 is 5.73 Å². The van der Waals surface area contributed by atoms with Gasteiger partial charge in [-0.1, -0.05) is 57.5 Å². The summed E-state index contributed by atoms with van der Waals surface area (Å²) in [7, 11) is 0. The number of hydrogen-bond acceptors (Lipinski definition) is 3. The molecule has 2 aromatic rings. The molecule has 2 heterocycles. The van der Waals surface area contributed by atoms with Crippen molar-refractivity contribution in [3.05, 3.63) is 46.5 Å². The summed E-state index contributed by atoms with van der Waals surface area (Å²) in [6.07, 6.45) is 5.81. The van der Waals surface area contributed by atoms with E-state index < -0.39 is 0 Å². The van der Waals surface area contributed by atoms with Gasteiger partial charge in [0.15, 0.2) is 5.82 Å². The van der Waals surface area contributed by atoms with E-state index in [4.69, 9.17) is 22.3 Å². The standard InChI is InChI=1S/C25H36ClN5/c1-7-9-18-10-11-19(22(26)17(18)5)23-21(16(3)4)24(30-29-23)28-20(8-2)31-14-12-25(6,27)13-15-31/h8,10-11,16H,2,7,9,12-15,27H2,1,3-6H3,(H,29,30). The number of H-pyrrole nitrogens is 1. The van der Waals surface area contributed by atoms with Gasteiger partial charge in [-0.15, -0.1) is 0 Å². The molecule has 1 aromatic carbocycles. The summed E-state index contributed by atoms with van der Waals surface area (Å²) in [5, 5.41) is 8.59. The maximum Gasteiger partial charge on any atom is 0.179 e. The number of benzene rings is 1. The third-order valence-corrected chi connectivity index (χ3v) is 6.77. The molecule has 3 rings (SSSR count).